The van der Waals surface area contributed by atoms with Crippen molar-refractivity contribution in [2.45, 2.75) is 25.0 Å². The van der Waals surface area contributed by atoms with Crippen LogP contribution in [-0.2, 0) is 0 Å². The molecule has 82 valence electrons. The zero-order valence-corrected chi connectivity index (χ0v) is 9.43. The molecular weight excluding hydrogens is 196 g/mol. The van der Waals surface area contributed by atoms with Gasteiger partial charge in [-0.2, -0.15) is 11.8 Å². The summed E-state index contributed by atoms with van der Waals surface area (Å²) in [5.41, 5.74) is 0. The third-order valence-corrected chi connectivity index (χ3v) is 3.73. The van der Waals surface area contributed by atoms with Crippen molar-refractivity contribution in [3.8, 4) is 0 Å². The molecule has 0 aromatic rings. The number of rotatable bonds is 5. The monoisotopic (exact) mass is 216 g/mol. The van der Waals surface area contributed by atoms with Crippen LogP contribution in [0.1, 0.15) is 12.8 Å². The molecule has 2 aliphatic rings. The van der Waals surface area contributed by atoms with E-state index in [1.54, 1.807) is 0 Å². The second kappa shape index (κ2) is 5.35. The minimum absolute atomic E-state index is 0.182. The molecular formula is C10H20N2OS. The van der Waals surface area contributed by atoms with Crippen molar-refractivity contribution in [2.75, 3.05) is 37.7 Å². The predicted octanol–water partition coefficient (Wildman–Crippen LogP) is 0.148. The minimum atomic E-state index is -0.182. The Labute approximate surface area is 90.2 Å². The van der Waals surface area contributed by atoms with Crippen LogP contribution in [0.15, 0.2) is 0 Å². The molecule has 3 nitrogen and oxygen atoms in total. The van der Waals surface area contributed by atoms with E-state index in [-0.39, 0.29) is 6.10 Å². The van der Waals surface area contributed by atoms with Crippen LogP contribution < -0.4 is 5.32 Å². The largest absolute Gasteiger partial charge is 0.390 e. The molecule has 4 heteroatoms. The summed E-state index contributed by atoms with van der Waals surface area (Å²) in [7, 11) is 0. The van der Waals surface area contributed by atoms with Crippen LogP contribution in [-0.4, -0.2) is 59.8 Å². The van der Waals surface area contributed by atoms with E-state index in [2.05, 4.69) is 10.2 Å². The maximum absolute atomic E-state index is 9.77. The van der Waals surface area contributed by atoms with Crippen LogP contribution in [0.25, 0.3) is 0 Å². The van der Waals surface area contributed by atoms with Crippen molar-refractivity contribution in [1.29, 1.82) is 0 Å². The number of nitrogens with zero attached hydrogens (tertiary/aromatic N) is 1. The lowest BCUT2D eigenvalue weighted by Crippen LogP contribution is -2.42. The average molecular weight is 216 g/mol. The van der Waals surface area contributed by atoms with Gasteiger partial charge in [-0.05, 0) is 12.8 Å². The van der Waals surface area contributed by atoms with Gasteiger partial charge in [0.1, 0.15) is 0 Å². The number of β-amino-alcohol motifs (C(OH)–C–C–N with tert-alkyl or cyclic N) is 1. The Bertz CT molecular complexity index is 170. The van der Waals surface area contributed by atoms with E-state index in [4.69, 9.17) is 0 Å². The van der Waals surface area contributed by atoms with Gasteiger partial charge in [0.25, 0.3) is 0 Å². The average Bonchev–Trinajstić information content (AvgIpc) is 3.00. The number of hydrogen-bond acceptors (Lipinski definition) is 4. The molecule has 1 saturated carbocycles. The molecule has 1 aliphatic carbocycles. The summed E-state index contributed by atoms with van der Waals surface area (Å²) in [6, 6.07) is 0.710. The topological polar surface area (TPSA) is 35.5 Å². The lowest BCUT2D eigenvalue weighted by atomic mass is 10.3. The fourth-order valence-electron chi connectivity index (χ4n) is 1.74. The molecule has 2 N–H and O–H groups in total. The van der Waals surface area contributed by atoms with Crippen LogP contribution in [0.3, 0.4) is 0 Å². The molecule has 0 aromatic heterocycles. The summed E-state index contributed by atoms with van der Waals surface area (Å²) < 4.78 is 0. The lowest BCUT2D eigenvalue weighted by Gasteiger charge is -2.28. The Hall–Kier alpha value is 0.230. The Kier molecular flexibility index (Phi) is 4.10. The first kappa shape index (κ1) is 10.7. The van der Waals surface area contributed by atoms with E-state index in [1.165, 1.54) is 24.3 Å². The number of nitrogens with one attached hydrogen (secondary N) is 1. The van der Waals surface area contributed by atoms with Gasteiger partial charge in [-0.1, -0.05) is 0 Å². The third kappa shape index (κ3) is 3.77. The molecule has 1 atom stereocenters. The second-order valence-electron chi connectivity index (χ2n) is 4.25. The van der Waals surface area contributed by atoms with Gasteiger partial charge in [0.05, 0.1) is 6.10 Å². The van der Waals surface area contributed by atoms with Crippen LogP contribution in [0, 0.1) is 0 Å². The summed E-state index contributed by atoms with van der Waals surface area (Å²) in [4.78, 5) is 2.37. The first-order chi connectivity index (χ1) is 6.84. The highest BCUT2D eigenvalue weighted by atomic mass is 32.2. The Morgan fingerprint density at radius 2 is 2.07 bits per heavy atom. The van der Waals surface area contributed by atoms with Crippen molar-refractivity contribution in [3.05, 3.63) is 0 Å². The normalized spacial score (nSPS) is 26.4. The molecule has 1 aliphatic heterocycles. The number of aliphatic hydroxyl groups excluding tert-OH is 1. The maximum Gasteiger partial charge on any atom is 0.0791 e. The molecule has 14 heavy (non-hydrogen) atoms. The smallest absolute Gasteiger partial charge is 0.0791 e. The Morgan fingerprint density at radius 3 is 2.71 bits per heavy atom. The SMILES string of the molecule is OC(CNC1CC1)CN1CCSCC1. The fourth-order valence-corrected chi connectivity index (χ4v) is 2.72. The Balaban J connectivity index is 1.57. The van der Waals surface area contributed by atoms with Crippen LogP contribution in [0.5, 0.6) is 0 Å². The van der Waals surface area contributed by atoms with E-state index in [9.17, 15) is 5.11 Å². The molecule has 0 amide bonds. The zero-order valence-electron chi connectivity index (χ0n) is 8.61. The van der Waals surface area contributed by atoms with Gasteiger partial charge in [0.2, 0.25) is 0 Å². The molecule has 0 bridgehead atoms. The lowest BCUT2D eigenvalue weighted by molar-refractivity contribution is 0.116. The van der Waals surface area contributed by atoms with Gasteiger partial charge in [0, 0.05) is 43.7 Å². The quantitative estimate of drug-likeness (QED) is 0.686. The summed E-state index contributed by atoms with van der Waals surface area (Å²) >= 11 is 2.02. The summed E-state index contributed by atoms with van der Waals surface area (Å²) in [5, 5.41) is 13.1. The number of aliphatic hydroxyl groups is 1. The van der Waals surface area contributed by atoms with E-state index in [0.29, 0.717) is 6.04 Å². The number of hydrogen-bond donors (Lipinski definition) is 2. The summed E-state index contributed by atoms with van der Waals surface area (Å²) in [6.45, 7) is 3.91. The van der Waals surface area contributed by atoms with E-state index in [0.717, 1.165) is 26.2 Å². The highest BCUT2D eigenvalue weighted by Gasteiger charge is 2.22. The van der Waals surface area contributed by atoms with Gasteiger partial charge in [-0.15, -0.1) is 0 Å². The molecule has 1 unspecified atom stereocenters. The third-order valence-electron chi connectivity index (χ3n) is 2.79. The maximum atomic E-state index is 9.77. The van der Waals surface area contributed by atoms with Crippen molar-refractivity contribution in [2.24, 2.45) is 0 Å². The van der Waals surface area contributed by atoms with Crippen molar-refractivity contribution in [3.63, 3.8) is 0 Å². The van der Waals surface area contributed by atoms with Gasteiger partial charge >= 0.3 is 0 Å². The Morgan fingerprint density at radius 1 is 1.36 bits per heavy atom. The van der Waals surface area contributed by atoms with Gasteiger partial charge in [-0.25, -0.2) is 0 Å². The van der Waals surface area contributed by atoms with Crippen LogP contribution in [0.2, 0.25) is 0 Å². The van der Waals surface area contributed by atoms with Crippen molar-refractivity contribution < 1.29 is 5.11 Å². The number of thioether (sulfide) groups is 1. The summed E-state index contributed by atoms with van der Waals surface area (Å²) in [6.07, 6.45) is 2.42. The van der Waals surface area contributed by atoms with Crippen molar-refractivity contribution in [1.82, 2.24) is 10.2 Å². The fraction of sp³-hybridized carbons (Fsp3) is 1.00. The first-order valence-corrected chi connectivity index (χ1v) is 6.71. The van der Waals surface area contributed by atoms with E-state index < -0.39 is 0 Å². The molecule has 2 rings (SSSR count). The van der Waals surface area contributed by atoms with E-state index in [1.807, 2.05) is 11.8 Å². The van der Waals surface area contributed by atoms with Crippen LogP contribution in [0.4, 0.5) is 0 Å². The molecule has 2 fully saturated rings. The van der Waals surface area contributed by atoms with E-state index >= 15 is 0 Å². The van der Waals surface area contributed by atoms with Gasteiger partial charge in [0.15, 0.2) is 0 Å². The second-order valence-corrected chi connectivity index (χ2v) is 5.47. The molecule has 0 spiro atoms. The summed E-state index contributed by atoms with van der Waals surface area (Å²) in [5.74, 6) is 2.45. The van der Waals surface area contributed by atoms with Gasteiger partial charge in [-0.3, -0.25) is 4.90 Å². The highest BCUT2D eigenvalue weighted by molar-refractivity contribution is 7.99. The van der Waals surface area contributed by atoms with Crippen LogP contribution >= 0.6 is 11.8 Å². The molecule has 0 aromatic carbocycles. The van der Waals surface area contributed by atoms with Gasteiger partial charge < -0.3 is 10.4 Å². The molecule has 0 radical (unpaired) electrons. The minimum Gasteiger partial charge on any atom is -0.390 e. The molecule has 1 saturated heterocycles. The standard InChI is InChI=1S/C10H20N2OS/c13-10(7-11-9-1-2-9)8-12-3-5-14-6-4-12/h9-11,13H,1-8H2. The van der Waals surface area contributed by atoms with Crippen molar-refractivity contribution >= 4 is 11.8 Å². The first-order valence-electron chi connectivity index (χ1n) is 5.56. The zero-order chi connectivity index (χ0) is 9.80. The molecule has 1 heterocycles. The highest BCUT2D eigenvalue weighted by Crippen LogP contribution is 2.18. The predicted molar refractivity (Wildman–Crippen MR) is 60.8 cm³/mol.